The number of benzene rings is 5. The van der Waals surface area contributed by atoms with Crippen molar-refractivity contribution in [2.45, 2.75) is 116 Å². The van der Waals surface area contributed by atoms with Gasteiger partial charge >= 0.3 is 0 Å². The molecular weight excluding hydrogens is 1070 g/mol. The number of hydrogen-bond donors (Lipinski definition) is 1. The monoisotopic (exact) mass is 1150 g/mol. The number of nitrogens with zero attached hydrogens (tertiary/aromatic N) is 4. The van der Waals surface area contributed by atoms with E-state index in [1.165, 1.54) is 23.3 Å². The van der Waals surface area contributed by atoms with E-state index in [2.05, 4.69) is 73.5 Å². The van der Waals surface area contributed by atoms with Gasteiger partial charge in [-0.15, -0.1) is 0 Å². The van der Waals surface area contributed by atoms with Gasteiger partial charge in [0, 0.05) is 102 Å². The van der Waals surface area contributed by atoms with Gasteiger partial charge in [0.25, 0.3) is 23.6 Å². The van der Waals surface area contributed by atoms with Crippen LogP contribution in [0.1, 0.15) is 113 Å². The van der Waals surface area contributed by atoms with Crippen molar-refractivity contribution in [3.8, 4) is 17.2 Å². The Kier molecular flexibility index (Phi) is 19.0. The molecule has 0 unspecified atom stereocenters. The molecule has 5 aromatic carbocycles. The summed E-state index contributed by atoms with van der Waals surface area (Å²) in [5, 5.41) is 2.84. The van der Waals surface area contributed by atoms with Gasteiger partial charge in [0.1, 0.15) is 19.0 Å². The summed E-state index contributed by atoms with van der Waals surface area (Å²) in [4.78, 5) is 72.6. The minimum Gasteiger partial charge on any atom is -0.493 e. The number of carbonyl (C=O) groups excluding carboxylic acids is 5. The minimum absolute atomic E-state index is 0.0191. The Balaban J connectivity index is 0.878. The van der Waals surface area contributed by atoms with E-state index in [1.807, 2.05) is 65.3 Å². The second-order valence-corrected chi connectivity index (χ2v) is 25.5. The highest BCUT2D eigenvalue weighted by Crippen LogP contribution is 2.43. The van der Waals surface area contributed by atoms with Crippen LogP contribution in [0.4, 0.5) is 17.1 Å². The number of hydrogen-bond acceptors (Lipinski definition) is 13. The first kappa shape index (κ1) is 58.4. The maximum atomic E-state index is 14.3. The number of fused-ring (bicyclic) bond motifs is 8. The zero-order valence-electron chi connectivity index (χ0n) is 47.8. The van der Waals surface area contributed by atoms with Crippen molar-refractivity contribution in [2.24, 2.45) is 0 Å². The molecule has 0 saturated heterocycles. The van der Waals surface area contributed by atoms with E-state index >= 15 is 0 Å². The van der Waals surface area contributed by atoms with Crippen LogP contribution in [0.15, 0.2) is 103 Å². The summed E-state index contributed by atoms with van der Waals surface area (Å²) in [5.41, 5.74) is 11.4. The van der Waals surface area contributed by atoms with Crippen LogP contribution in [0.5, 0.6) is 17.2 Å². The fraction of sp³-hybridized carbons (Fsp3) is 0.431. The van der Waals surface area contributed by atoms with Crippen LogP contribution >= 0.6 is 21.6 Å². The number of amides is 5. The lowest BCUT2D eigenvalue weighted by molar-refractivity contribution is -0.137. The normalized spacial score (nSPS) is 17.0. The smallest absolute Gasteiger partial charge is 0.258 e. The third kappa shape index (κ3) is 13.7. The molecule has 5 heterocycles. The average molecular weight is 1150 g/mol. The molecule has 82 heavy (non-hydrogen) atoms. The van der Waals surface area contributed by atoms with Crippen molar-refractivity contribution in [1.82, 2.24) is 10.2 Å². The Hall–Kier alpha value is -6.79. The van der Waals surface area contributed by atoms with Crippen LogP contribution in [0, 0.1) is 6.92 Å². The Morgan fingerprint density at radius 3 is 1.91 bits per heavy atom. The first-order chi connectivity index (χ1) is 39.8. The number of para-hydroxylation sites is 2. The molecule has 10 rings (SSSR count). The van der Waals surface area contributed by atoms with E-state index in [-0.39, 0.29) is 72.7 Å². The van der Waals surface area contributed by atoms with E-state index in [0.717, 1.165) is 112 Å². The molecule has 15 nitrogen and oxygen atoms in total. The Labute approximate surface area is 489 Å². The molecule has 0 bridgehead atoms. The summed E-state index contributed by atoms with van der Waals surface area (Å²) in [6.45, 7) is 12.8. The van der Waals surface area contributed by atoms with E-state index < -0.39 is 0 Å². The van der Waals surface area contributed by atoms with Gasteiger partial charge in [-0.05, 0) is 166 Å². The van der Waals surface area contributed by atoms with Crippen molar-refractivity contribution in [1.29, 1.82) is 0 Å². The molecule has 0 fully saturated rings. The molecule has 2 atom stereocenters. The molecule has 17 heteroatoms. The molecule has 5 amide bonds. The van der Waals surface area contributed by atoms with E-state index in [0.29, 0.717) is 69.4 Å². The van der Waals surface area contributed by atoms with Crippen molar-refractivity contribution >= 4 is 68.2 Å². The maximum absolute atomic E-state index is 14.3. The number of nitrogens with one attached hydrogen (secondary N) is 1. The summed E-state index contributed by atoms with van der Waals surface area (Å²) < 4.78 is 31.2. The van der Waals surface area contributed by atoms with E-state index in [9.17, 15) is 24.0 Å². The van der Waals surface area contributed by atoms with Crippen molar-refractivity contribution < 1.29 is 47.7 Å². The predicted octanol–water partition coefficient (Wildman–Crippen LogP) is 10.4. The van der Waals surface area contributed by atoms with Crippen LogP contribution in [0.2, 0.25) is 0 Å². The second kappa shape index (κ2) is 26.6. The lowest BCUT2D eigenvalue weighted by atomic mass is 9.98. The summed E-state index contributed by atoms with van der Waals surface area (Å²) >= 11 is 0. The minimum atomic E-state index is -0.362. The molecule has 5 aliphatic rings. The fourth-order valence-corrected chi connectivity index (χ4v) is 14.4. The van der Waals surface area contributed by atoms with Crippen molar-refractivity contribution in [3.05, 3.63) is 153 Å². The summed E-state index contributed by atoms with van der Waals surface area (Å²) in [6, 6.07) is 31.0. The third-order valence-electron chi connectivity index (χ3n) is 15.8. The number of rotatable bonds is 27. The zero-order chi connectivity index (χ0) is 57.3. The highest BCUT2D eigenvalue weighted by atomic mass is 33.1. The lowest BCUT2D eigenvalue weighted by Crippen LogP contribution is -2.38. The molecule has 0 radical (unpaired) electrons. The highest BCUT2D eigenvalue weighted by molar-refractivity contribution is 8.77. The van der Waals surface area contributed by atoms with Gasteiger partial charge in [-0.3, -0.25) is 28.9 Å². The Morgan fingerprint density at radius 1 is 0.707 bits per heavy atom. The van der Waals surface area contributed by atoms with Crippen LogP contribution in [0.25, 0.3) is 0 Å². The summed E-state index contributed by atoms with van der Waals surface area (Å²) in [6.07, 6.45) is 9.31. The number of anilines is 3. The highest BCUT2D eigenvalue weighted by Gasteiger charge is 2.39. The average Bonchev–Trinajstić information content (AvgIpc) is 4.32. The molecule has 0 aromatic heterocycles. The first-order valence-electron chi connectivity index (χ1n) is 28.8. The SMILES string of the molecule is CCCOCCOCCN(CC(C)(C)SSCCCC(=O)NCCN1C(=O)C=CC1=O)c1cc(COc2cc3c(cc2C)C(=O)N2c4ccccc4C[C@H]2CC3)cc(COc2cc3c(cc2OC)C(=O)N2c4ccccc4C[C@H]2CC3)c1. The number of carbonyl (C=O) groups is 5. The van der Waals surface area contributed by atoms with Crippen molar-refractivity contribution in [3.63, 3.8) is 0 Å². The molecule has 0 saturated carbocycles. The standard InChI is InChI=1S/C65H75N5O10S2/c1-6-26-77-28-29-78-27-25-67(42-65(3,4)82-81-30-11-16-60(71)66-23-24-68-61(72)21-22-62(68)73)52-33-44(40-79-57-37-46-17-19-50-35-48-12-7-9-14-55(48)69(50)63(74)53(46)31-43(57)2)32-45(34-52)41-80-59-38-47-18-20-51-36-49-13-8-10-15-56(49)70(51)64(75)54(47)39-58(59)76-5/h7-10,12-15,21-22,31-34,37-39,50-51H,6,11,16-20,23-30,35-36,40-42H2,1-5H3,(H,66,71)/t50-,51-/m1/s1. The van der Waals surface area contributed by atoms with Crippen LogP contribution < -0.4 is 34.2 Å². The molecule has 432 valence electrons. The zero-order valence-corrected chi connectivity index (χ0v) is 49.4. The number of ether oxygens (including phenoxy) is 5. The van der Waals surface area contributed by atoms with Crippen LogP contribution in [-0.4, -0.2) is 117 Å². The molecule has 5 aromatic rings. The second-order valence-electron chi connectivity index (χ2n) is 22.3. The van der Waals surface area contributed by atoms with Gasteiger partial charge in [-0.2, -0.15) is 0 Å². The lowest BCUT2D eigenvalue weighted by Gasteiger charge is -2.34. The quantitative estimate of drug-likeness (QED) is 0.0301. The topological polar surface area (TPSA) is 156 Å². The Bertz CT molecular complexity index is 3200. The van der Waals surface area contributed by atoms with Gasteiger partial charge < -0.3 is 43.7 Å². The largest absolute Gasteiger partial charge is 0.493 e. The maximum Gasteiger partial charge on any atom is 0.258 e. The number of imide groups is 1. The fourth-order valence-electron chi connectivity index (χ4n) is 11.8. The van der Waals surface area contributed by atoms with Crippen LogP contribution in [-0.2, 0) is 62.8 Å². The molecular formula is C65H75N5O10S2. The molecule has 1 N–H and O–H groups in total. The molecule has 5 aliphatic heterocycles. The van der Waals surface area contributed by atoms with Crippen LogP contribution in [0.3, 0.4) is 0 Å². The predicted molar refractivity (Wildman–Crippen MR) is 324 cm³/mol. The number of methoxy groups -OCH3 is 1. The van der Waals surface area contributed by atoms with Gasteiger partial charge in [0.2, 0.25) is 5.91 Å². The van der Waals surface area contributed by atoms with Gasteiger partial charge in [-0.1, -0.05) is 64.9 Å². The third-order valence-corrected chi connectivity index (χ3v) is 19.1. The first-order valence-corrected chi connectivity index (χ1v) is 31.2. The summed E-state index contributed by atoms with van der Waals surface area (Å²) in [7, 11) is 5.12. The Morgan fingerprint density at radius 2 is 1.29 bits per heavy atom. The van der Waals surface area contributed by atoms with E-state index in [1.54, 1.807) is 28.7 Å². The van der Waals surface area contributed by atoms with Gasteiger partial charge in [-0.25, -0.2) is 0 Å². The van der Waals surface area contributed by atoms with Gasteiger partial charge in [0.15, 0.2) is 11.5 Å². The van der Waals surface area contributed by atoms with Gasteiger partial charge in [0.05, 0.1) is 26.9 Å². The van der Waals surface area contributed by atoms with E-state index in [4.69, 9.17) is 23.7 Å². The molecule has 0 spiro atoms. The molecule has 0 aliphatic carbocycles. The summed E-state index contributed by atoms with van der Waals surface area (Å²) in [5.74, 6) is 1.72. The van der Waals surface area contributed by atoms with Crippen molar-refractivity contribution in [2.75, 3.05) is 80.2 Å². The number of aryl methyl sites for hydroxylation is 3.